The second kappa shape index (κ2) is 3.91. The van der Waals surface area contributed by atoms with Crippen molar-refractivity contribution in [1.82, 2.24) is 0 Å². The molecule has 0 bridgehead atoms. The highest BCUT2D eigenvalue weighted by Gasteiger charge is 2.32. The Morgan fingerprint density at radius 2 is 2.25 bits per heavy atom. The molecule has 0 saturated heterocycles. The summed E-state index contributed by atoms with van der Waals surface area (Å²) in [6.45, 7) is 4.04. The second-order valence-electron chi connectivity index (χ2n) is 4.66. The van der Waals surface area contributed by atoms with Crippen LogP contribution in [-0.4, -0.2) is 16.7 Å². The maximum Gasteiger partial charge on any atom is 0.307 e. The average Bonchev–Trinajstić information content (AvgIpc) is 2.38. The summed E-state index contributed by atoms with van der Waals surface area (Å²) in [6, 6.07) is 3.95. The zero-order valence-electron chi connectivity index (χ0n) is 9.21. The molecule has 3 nitrogen and oxygen atoms in total. The Kier molecular flexibility index (Phi) is 2.86. The number of fused-ring (bicyclic) bond motifs is 1. The lowest BCUT2D eigenvalue weighted by Crippen LogP contribution is -2.25. The monoisotopic (exact) mass is 332 g/mol. The first-order chi connectivity index (χ1) is 7.37. The molecular weight excluding hydrogens is 319 g/mol. The lowest BCUT2D eigenvalue weighted by molar-refractivity contribution is -0.136. The molecule has 0 spiro atoms. The molecule has 0 fully saturated rings. The van der Waals surface area contributed by atoms with Crippen LogP contribution < -0.4 is 4.74 Å². The molecule has 0 aromatic heterocycles. The van der Waals surface area contributed by atoms with Crippen molar-refractivity contribution in [3.05, 3.63) is 26.8 Å². The minimum Gasteiger partial charge on any atom is -0.487 e. The van der Waals surface area contributed by atoms with Crippen LogP contribution in [0.15, 0.2) is 12.1 Å². The summed E-state index contributed by atoms with van der Waals surface area (Å²) < 4.78 is 6.88. The fraction of sp³-hybridized carbons (Fsp3) is 0.417. The summed E-state index contributed by atoms with van der Waals surface area (Å²) >= 11 is 2.21. The maximum atomic E-state index is 10.8. The number of benzene rings is 1. The van der Waals surface area contributed by atoms with Gasteiger partial charge in [0, 0.05) is 15.6 Å². The van der Waals surface area contributed by atoms with E-state index < -0.39 is 5.97 Å². The highest BCUT2D eigenvalue weighted by molar-refractivity contribution is 14.1. The molecule has 0 aliphatic carbocycles. The number of aliphatic carboxylic acids is 1. The van der Waals surface area contributed by atoms with Crippen molar-refractivity contribution >= 4 is 28.6 Å². The van der Waals surface area contributed by atoms with Gasteiger partial charge in [0.2, 0.25) is 0 Å². The van der Waals surface area contributed by atoms with Crippen molar-refractivity contribution in [1.29, 1.82) is 0 Å². The van der Waals surface area contributed by atoms with Crippen LogP contribution in [0.25, 0.3) is 0 Å². The van der Waals surface area contributed by atoms with Gasteiger partial charge in [0.1, 0.15) is 11.4 Å². The van der Waals surface area contributed by atoms with E-state index in [1.54, 1.807) is 0 Å². The summed E-state index contributed by atoms with van der Waals surface area (Å²) in [4.78, 5) is 10.8. The summed E-state index contributed by atoms with van der Waals surface area (Å²) in [7, 11) is 0. The van der Waals surface area contributed by atoms with Crippen molar-refractivity contribution in [3.8, 4) is 5.75 Å². The molecule has 16 heavy (non-hydrogen) atoms. The third-order valence-electron chi connectivity index (χ3n) is 2.54. The van der Waals surface area contributed by atoms with E-state index in [2.05, 4.69) is 28.7 Å². The van der Waals surface area contributed by atoms with Crippen LogP contribution in [0.3, 0.4) is 0 Å². The molecule has 4 heteroatoms. The normalized spacial score (nSPS) is 16.7. The van der Waals surface area contributed by atoms with Gasteiger partial charge in [0.05, 0.1) is 6.42 Å². The number of ether oxygens (including phenoxy) is 1. The van der Waals surface area contributed by atoms with E-state index in [9.17, 15) is 4.79 Å². The summed E-state index contributed by atoms with van der Waals surface area (Å²) in [5.41, 5.74) is 1.67. The highest BCUT2D eigenvalue weighted by Crippen LogP contribution is 2.38. The lowest BCUT2D eigenvalue weighted by Gasteiger charge is -2.18. The van der Waals surface area contributed by atoms with E-state index in [0.29, 0.717) is 0 Å². The molecule has 2 rings (SSSR count). The summed E-state index contributed by atoms with van der Waals surface area (Å²) in [5.74, 6) is -0.0506. The van der Waals surface area contributed by atoms with Gasteiger partial charge in [0.25, 0.3) is 0 Å². The fourth-order valence-electron chi connectivity index (χ4n) is 2.04. The molecule has 0 amide bonds. The van der Waals surface area contributed by atoms with E-state index in [4.69, 9.17) is 9.84 Å². The van der Waals surface area contributed by atoms with Crippen LogP contribution in [0.4, 0.5) is 0 Å². The predicted octanol–water partition coefficient (Wildman–Crippen LogP) is 2.63. The lowest BCUT2D eigenvalue weighted by atomic mass is 10.00. The van der Waals surface area contributed by atoms with Gasteiger partial charge >= 0.3 is 5.97 Å². The zero-order chi connectivity index (χ0) is 11.9. The van der Waals surface area contributed by atoms with Crippen LogP contribution in [0.1, 0.15) is 25.0 Å². The molecule has 1 aromatic rings. The number of rotatable bonds is 2. The van der Waals surface area contributed by atoms with Crippen molar-refractivity contribution in [2.75, 3.05) is 0 Å². The fourth-order valence-corrected chi connectivity index (χ4v) is 2.79. The van der Waals surface area contributed by atoms with Crippen LogP contribution in [0, 0.1) is 3.57 Å². The van der Waals surface area contributed by atoms with Gasteiger partial charge in [-0.25, -0.2) is 0 Å². The van der Waals surface area contributed by atoms with Crippen molar-refractivity contribution in [2.24, 2.45) is 0 Å². The number of carboxylic acids is 1. The van der Waals surface area contributed by atoms with Crippen LogP contribution in [0.2, 0.25) is 0 Å². The topological polar surface area (TPSA) is 46.5 Å². The Bertz CT molecular complexity index is 452. The molecule has 0 atom stereocenters. The number of carbonyl (C=O) groups is 1. The molecule has 1 aromatic carbocycles. The van der Waals surface area contributed by atoms with E-state index >= 15 is 0 Å². The minimum atomic E-state index is -0.822. The summed E-state index contributed by atoms with van der Waals surface area (Å²) in [6.07, 6.45) is 0.862. The first kappa shape index (κ1) is 11.7. The van der Waals surface area contributed by atoms with Gasteiger partial charge in [-0.05, 0) is 54.1 Å². The number of hydrogen-bond acceptors (Lipinski definition) is 2. The third-order valence-corrected chi connectivity index (χ3v) is 3.17. The molecule has 1 heterocycles. The SMILES string of the molecule is CC1(C)Cc2cc(I)cc(CC(=O)O)c2O1. The maximum absolute atomic E-state index is 10.8. The van der Waals surface area contributed by atoms with Crippen molar-refractivity contribution in [3.63, 3.8) is 0 Å². The Hall–Kier alpha value is -0.780. The minimum absolute atomic E-state index is 0.0231. The summed E-state index contributed by atoms with van der Waals surface area (Å²) in [5, 5.41) is 8.86. The second-order valence-corrected chi connectivity index (χ2v) is 5.91. The predicted molar refractivity (Wildman–Crippen MR) is 68.9 cm³/mol. The standard InChI is InChI=1S/C12H13IO3/c1-12(2)6-8-4-9(13)3-7(5-10(14)15)11(8)16-12/h3-4H,5-6H2,1-2H3,(H,14,15). The van der Waals surface area contributed by atoms with Gasteiger partial charge in [0.15, 0.2) is 0 Å². The molecule has 86 valence electrons. The van der Waals surface area contributed by atoms with Gasteiger partial charge in [-0.3, -0.25) is 4.79 Å². The molecule has 0 unspecified atom stereocenters. The van der Waals surface area contributed by atoms with Crippen molar-refractivity contribution in [2.45, 2.75) is 32.3 Å². The highest BCUT2D eigenvalue weighted by atomic mass is 127. The van der Waals surface area contributed by atoms with E-state index in [-0.39, 0.29) is 12.0 Å². The Morgan fingerprint density at radius 1 is 1.56 bits per heavy atom. The zero-order valence-corrected chi connectivity index (χ0v) is 11.4. The molecular formula is C12H13IO3. The number of hydrogen-bond donors (Lipinski definition) is 1. The van der Waals surface area contributed by atoms with Crippen LogP contribution in [0.5, 0.6) is 5.75 Å². The third kappa shape index (κ3) is 2.31. The Balaban J connectivity index is 2.45. The van der Waals surface area contributed by atoms with Gasteiger partial charge in [-0.2, -0.15) is 0 Å². The molecule has 0 saturated carbocycles. The molecule has 1 N–H and O–H groups in total. The first-order valence-electron chi connectivity index (χ1n) is 5.09. The van der Waals surface area contributed by atoms with E-state index in [1.165, 1.54) is 0 Å². The molecule has 1 aliphatic rings. The van der Waals surface area contributed by atoms with Crippen LogP contribution >= 0.6 is 22.6 Å². The molecule has 1 aliphatic heterocycles. The smallest absolute Gasteiger partial charge is 0.307 e. The van der Waals surface area contributed by atoms with Crippen LogP contribution in [-0.2, 0) is 17.6 Å². The average molecular weight is 332 g/mol. The largest absolute Gasteiger partial charge is 0.487 e. The van der Waals surface area contributed by atoms with Gasteiger partial charge in [-0.1, -0.05) is 0 Å². The van der Waals surface area contributed by atoms with Gasteiger partial charge in [-0.15, -0.1) is 0 Å². The number of carboxylic acid groups (broad SMARTS) is 1. The number of halogens is 1. The first-order valence-corrected chi connectivity index (χ1v) is 6.17. The Labute approximate surface area is 108 Å². The molecule has 0 radical (unpaired) electrons. The Morgan fingerprint density at radius 3 is 2.88 bits per heavy atom. The van der Waals surface area contributed by atoms with Gasteiger partial charge < -0.3 is 9.84 Å². The van der Waals surface area contributed by atoms with E-state index in [0.717, 1.165) is 26.9 Å². The quantitative estimate of drug-likeness (QED) is 0.847. The van der Waals surface area contributed by atoms with Crippen molar-refractivity contribution < 1.29 is 14.6 Å². The van der Waals surface area contributed by atoms with E-state index in [1.807, 2.05) is 19.9 Å².